The molecule has 3 aromatic heterocycles. The second-order valence-corrected chi connectivity index (χ2v) is 15.3. The van der Waals surface area contributed by atoms with Gasteiger partial charge in [-0.3, -0.25) is 0 Å². The molecule has 56 heavy (non-hydrogen) atoms. The molecule has 5 aromatic rings. The monoisotopic (exact) mass is 760 g/mol. The summed E-state index contributed by atoms with van der Waals surface area (Å²) >= 11 is 0. The summed E-state index contributed by atoms with van der Waals surface area (Å²) in [6.45, 7) is 22.6. The lowest BCUT2D eigenvalue weighted by molar-refractivity contribution is 0.630. The van der Waals surface area contributed by atoms with Gasteiger partial charge < -0.3 is 47.3 Å². The van der Waals surface area contributed by atoms with Gasteiger partial charge in [-0.05, 0) is 142 Å². The molecule has 8 bridgehead atoms. The van der Waals surface area contributed by atoms with Crippen LogP contribution >= 0.6 is 0 Å². The van der Waals surface area contributed by atoms with E-state index in [1.54, 1.807) is 0 Å². The number of hydrogen-bond donors (Lipinski definition) is 9. The number of rotatable bonds is 11. The normalized spacial score (nSPS) is 14.6. The highest BCUT2D eigenvalue weighted by molar-refractivity contribution is 5.54. The van der Waals surface area contributed by atoms with Gasteiger partial charge in [-0.1, -0.05) is 41.5 Å². The van der Waals surface area contributed by atoms with Crippen LogP contribution in [-0.4, -0.2) is 15.0 Å². The molecule has 0 aliphatic carbocycles. The minimum atomic E-state index is 0.575. The van der Waals surface area contributed by atoms with E-state index in [-0.39, 0.29) is 0 Å². The van der Waals surface area contributed by atoms with Crippen molar-refractivity contribution >= 4 is 0 Å². The Bertz CT molecular complexity index is 1890. The van der Waals surface area contributed by atoms with Crippen LogP contribution in [0, 0.1) is 0 Å². The first-order valence-corrected chi connectivity index (χ1v) is 21.5. The summed E-state index contributed by atoms with van der Waals surface area (Å²) in [5, 5.41) is 19.2. The van der Waals surface area contributed by atoms with Gasteiger partial charge >= 0.3 is 0 Å². The summed E-state index contributed by atoms with van der Waals surface area (Å²) in [7, 11) is 0. The highest BCUT2D eigenvalue weighted by Crippen LogP contribution is 2.32. The molecule has 0 unspecified atom stereocenters. The molecule has 302 valence electrons. The first kappa shape index (κ1) is 41.7. The van der Waals surface area contributed by atoms with E-state index in [1.165, 1.54) is 95.2 Å². The summed E-state index contributed by atoms with van der Waals surface area (Å²) in [6, 6.07) is 13.2. The van der Waals surface area contributed by atoms with Crippen molar-refractivity contribution in [3.63, 3.8) is 0 Å². The van der Waals surface area contributed by atoms with Gasteiger partial charge in [-0.15, -0.1) is 0 Å². The van der Waals surface area contributed by atoms with Gasteiger partial charge in [-0.25, -0.2) is 0 Å². The van der Waals surface area contributed by atoms with Crippen LogP contribution in [0.1, 0.15) is 137 Å². The Labute approximate surface area is 336 Å². The molecule has 9 nitrogen and oxygen atoms in total. The van der Waals surface area contributed by atoms with Crippen LogP contribution < -0.4 is 32.3 Å². The Balaban J connectivity index is 1.33. The van der Waals surface area contributed by atoms with Crippen LogP contribution in [0.2, 0.25) is 0 Å². The van der Waals surface area contributed by atoms with Crippen LogP contribution in [0.4, 0.5) is 0 Å². The minimum absolute atomic E-state index is 0.575. The van der Waals surface area contributed by atoms with E-state index in [0.717, 1.165) is 104 Å². The van der Waals surface area contributed by atoms with Gasteiger partial charge in [0.15, 0.2) is 0 Å². The van der Waals surface area contributed by atoms with Gasteiger partial charge in [0, 0.05) is 107 Å². The number of fused-ring (bicyclic) bond motifs is 8. The molecule has 0 fully saturated rings. The number of hydrogen-bond acceptors (Lipinski definition) is 6. The van der Waals surface area contributed by atoms with Gasteiger partial charge in [0.05, 0.1) is 0 Å². The summed E-state index contributed by atoms with van der Waals surface area (Å²) in [5.74, 6) is 0. The van der Waals surface area contributed by atoms with Gasteiger partial charge in [0.25, 0.3) is 0 Å². The molecule has 0 spiro atoms. The molecule has 4 heterocycles. The zero-order valence-electron chi connectivity index (χ0n) is 35.1. The zero-order valence-corrected chi connectivity index (χ0v) is 35.1. The Morgan fingerprint density at radius 3 is 1.14 bits per heavy atom. The van der Waals surface area contributed by atoms with Gasteiger partial charge in [0.1, 0.15) is 0 Å². The van der Waals surface area contributed by atoms with Crippen molar-refractivity contribution in [1.29, 1.82) is 0 Å². The van der Waals surface area contributed by atoms with Crippen LogP contribution in [0.5, 0.6) is 0 Å². The van der Waals surface area contributed by atoms with E-state index in [2.05, 4.69) is 119 Å². The third-order valence-corrected chi connectivity index (χ3v) is 12.1. The van der Waals surface area contributed by atoms with Crippen LogP contribution in [-0.2, 0) is 111 Å². The van der Waals surface area contributed by atoms with E-state index in [9.17, 15) is 0 Å². The van der Waals surface area contributed by atoms with E-state index in [1.807, 2.05) is 6.20 Å². The van der Waals surface area contributed by atoms with Crippen LogP contribution in [0.25, 0.3) is 0 Å². The molecule has 0 amide bonds. The molecule has 1 aliphatic heterocycles. The minimum Gasteiger partial charge on any atom is -0.364 e. The predicted octanol–water partition coefficient (Wildman–Crippen LogP) is 7.27. The fourth-order valence-electron chi connectivity index (χ4n) is 9.54. The maximum atomic E-state index is 6.52. The maximum absolute atomic E-state index is 6.52. The Morgan fingerprint density at radius 1 is 0.446 bits per heavy atom. The van der Waals surface area contributed by atoms with Crippen molar-refractivity contribution in [3.05, 3.63) is 138 Å². The molecular formula is C47H69N9. The number of nitrogens with one attached hydrogen (secondary N) is 8. The molecule has 0 saturated heterocycles. The molecule has 0 atom stereocenters. The molecule has 9 heteroatoms. The molecule has 6 rings (SSSR count). The second kappa shape index (κ2) is 20.5. The number of benzene rings is 2. The van der Waals surface area contributed by atoms with Crippen molar-refractivity contribution in [2.24, 2.45) is 5.73 Å². The summed E-state index contributed by atoms with van der Waals surface area (Å²) < 4.78 is 0. The molecule has 10 N–H and O–H groups in total. The van der Waals surface area contributed by atoms with E-state index < -0.39 is 0 Å². The molecule has 2 aromatic carbocycles. The summed E-state index contributed by atoms with van der Waals surface area (Å²) in [5.41, 5.74) is 30.1. The van der Waals surface area contributed by atoms with Crippen molar-refractivity contribution in [2.75, 3.05) is 0 Å². The van der Waals surface area contributed by atoms with E-state index >= 15 is 0 Å². The first-order chi connectivity index (χ1) is 27.5. The zero-order chi connectivity index (χ0) is 39.4. The largest absolute Gasteiger partial charge is 0.364 e. The number of aromatic nitrogens is 3. The topological polar surface area (TPSA) is 134 Å². The second-order valence-electron chi connectivity index (χ2n) is 15.3. The Morgan fingerprint density at radius 2 is 0.821 bits per heavy atom. The predicted molar refractivity (Wildman–Crippen MR) is 232 cm³/mol. The number of H-pyrrole nitrogens is 3. The molecule has 0 radical (unpaired) electrons. The van der Waals surface area contributed by atoms with E-state index in [4.69, 9.17) is 5.73 Å². The molecule has 1 aliphatic rings. The average Bonchev–Trinajstić information content (AvgIpc) is 4.01. The third kappa shape index (κ3) is 9.42. The average molecular weight is 760 g/mol. The highest BCUT2D eigenvalue weighted by atomic mass is 14.9. The SMILES string of the molecule is CCc1c(CN)c(CC)c2c(CC)c1CNCc1ccc([nH]1)CNCc1c(CC)c(CNCc3ccc[nH]3)c(CC)c(c1CC)CNCc1ccc([nH]1)CNC2. The van der Waals surface area contributed by atoms with Crippen molar-refractivity contribution in [2.45, 2.75) is 152 Å². The lowest BCUT2D eigenvalue weighted by Crippen LogP contribution is -2.25. The van der Waals surface area contributed by atoms with Gasteiger partial charge in [0.2, 0.25) is 0 Å². The standard InChI is InChI=1S/C47H69N9/c1-7-36-42(20-48)37(8-2)44-27-51-23-33-16-18-35(56-33)25-53-30-47-40(11-5)45(28-49-21-31-14-13-19-54-31)39(10-4)46(41(47)12-6)29-52-24-34-17-15-32(55-34)22-50-26-43(36)38(44)9-3/h13-19,49-56H,7-12,20-30,48H2,1-6H3. The fraction of sp³-hybridized carbons (Fsp3) is 0.489. The summed E-state index contributed by atoms with van der Waals surface area (Å²) in [4.78, 5) is 10.8. The lowest BCUT2D eigenvalue weighted by Gasteiger charge is -2.27. The van der Waals surface area contributed by atoms with Crippen molar-refractivity contribution < 1.29 is 0 Å². The number of nitrogens with two attached hydrogens (primary N) is 1. The highest BCUT2D eigenvalue weighted by Gasteiger charge is 2.23. The maximum Gasteiger partial charge on any atom is 0.0360 e. The third-order valence-electron chi connectivity index (χ3n) is 12.1. The lowest BCUT2D eigenvalue weighted by atomic mass is 9.83. The first-order valence-electron chi connectivity index (χ1n) is 21.5. The van der Waals surface area contributed by atoms with Crippen LogP contribution in [0.15, 0.2) is 42.6 Å². The Kier molecular flexibility index (Phi) is 15.2. The fourth-order valence-corrected chi connectivity index (χ4v) is 9.54. The molecule has 0 saturated carbocycles. The Hall–Kier alpha value is -3.96. The van der Waals surface area contributed by atoms with Crippen molar-refractivity contribution in [1.82, 2.24) is 41.5 Å². The van der Waals surface area contributed by atoms with E-state index in [0.29, 0.717) is 6.54 Å². The molecular weight excluding hydrogens is 691 g/mol. The smallest absolute Gasteiger partial charge is 0.0360 e. The van der Waals surface area contributed by atoms with Crippen LogP contribution in [0.3, 0.4) is 0 Å². The quantitative estimate of drug-likeness (QED) is 0.0697. The van der Waals surface area contributed by atoms with Crippen molar-refractivity contribution in [3.8, 4) is 0 Å². The summed E-state index contributed by atoms with van der Waals surface area (Å²) in [6.07, 6.45) is 8.01. The van der Waals surface area contributed by atoms with Gasteiger partial charge in [-0.2, -0.15) is 0 Å². The number of aromatic amines is 3.